The van der Waals surface area contributed by atoms with Crippen molar-refractivity contribution >= 4 is 22.8 Å². The molecular weight excluding hydrogens is 370 g/mol. The van der Waals surface area contributed by atoms with Crippen LogP contribution in [-0.4, -0.2) is 38.9 Å². The van der Waals surface area contributed by atoms with Gasteiger partial charge in [-0.2, -0.15) is 4.98 Å². The maximum atomic E-state index is 13.2. The highest BCUT2D eigenvalue weighted by atomic mass is 16.5. The third-order valence-electron chi connectivity index (χ3n) is 5.62. The fraction of sp³-hybridized carbons (Fsp3) is 0.476. The van der Waals surface area contributed by atoms with Crippen LogP contribution in [0.1, 0.15) is 19.4 Å². The molecule has 0 N–H and O–H groups in total. The predicted molar refractivity (Wildman–Crippen MR) is 113 cm³/mol. The minimum Gasteiger partial charge on any atom is -0.383 e. The Kier molecular flexibility index (Phi) is 5.04. The minimum atomic E-state index is -0.373. The minimum absolute atomic E-state index is 0.218. The largest absolute Gasteiger partial charge is 0.383 e. The monoisotopic (exact) mass is 397 g/mol. The first kappa shape index (κ1) is 19.4. The molecule has 4 rings (SSSR count). The Morgan fingerprint density at radius 1 is 1.17 bits per heavy atom. The first-order valence-corrected chi connectivity index (χ1v) is 10.0. The number of anilines is 2. The van der Waals surface area contributed by atoms with Gasteiger partial charge in [0.15, 0.2) is 11.2 Å². The Hall–Kier alpha value is -2.87. The topological polar surface area (TPSA) is 74.3 Å². The summed E-state index contributed by atoms with van der Waals surface area (Å²) in [6.07, 6.45) is 0.984. The van der Waals surface area contributed by atoms with Crippen LogP contribution in [0.15, 0.2) is 33.9 Å². The van der Waals surface area contributed by atoms with Crippen molar-refractivity contribution < 1.29 is 4.74 Å². The molecule has 8 heteroatoms. The van der Waals surface area contributed by atoms with Gasteiger partial charge >= 0.3 is 5.69 Å². The van der Waals surface area contributed by atoms with E-state index in [0.29, 0.717) is 36.2 Å². The summed E-state index contributed by atoms with van der Waals surface area (Å²) in [7, 11) is 3.22. The quantitative estimate of drug-likeness (QED) is 0.657. The number of nitrogens with zero attached hydrogens (tertiary/aromatic N) is 5. The second-order valence-electron chi connectivity index (χ2n) is 7.72. The molecule has 2 aromatic heterocycles. The molecule has 0 saturated heterocycles. The molecule has 0 amide bonds. The molecule has 154 valence electrons. The van der Waals surface area contributed by atoms with Crippen LogP contribution in [0.4, 0.5) is 11.6 Å². The number of fused-ring (bicyclic) bond motifs is 3. The van der Waals surface area contributed by atoms with Gasteiger partial charge in [0.05, 0.1) is 13.2 Å². The van der Waals surface area contributed by atoms with E-state index in [9.17, 15) is 9.59 Å². The maximum Gasteiger partial charge on any atom is 0.332 e. The zero-order chi connectivity index (χ0) is 20.7. The second kappa shape index (κ2) is 7.51. The molecule has 0 saturated carbocycles. The van der Waals surface area contributed by atoms with Crippen molar-refractivity contribution in [3.05, 3.63) is 50.7 Å². The zero-order valence-electron chi connectivity index (χ0n) is 17.4. The first-order valence-electron chi connectivity index (χ1n) is 10.0. The lowest BCUT2D eigenvalue weighted by Crippen LogP contribution is -2.41. The molecule has 8 nitrogen and oxygen atoms in total. The highest BCUT2D eigenvalue weighted by molar-refractivity contribution is 5.77. The van der Waals surface area contributed by atoms with Crippen LogP contribution < -0.4 is 16.1 Å². The van der Waals surface area contributed by atoms with Crippen LogP contribution >= 0.6 is 0 Å². The Morgan fingerprint density at radius 3 is 2.55 bits per heavy atom. The van der Waals surface area contributed by atoms with Crippen LogP contribution in [0.2, 0.25) is 0 Å². The number of ether oxygens (including phenoxy) is 1. The van der Waals surface area contributed by atoms with Gasteiger partial charge in [0.1, 0.15) is 0 Å². The first-order chi connectivity index (χ1) is 14.0. The molecule has 3 heterocycles. The third kappa shape index (κ3) is 3.17. The van der Waals surface area contributed by atoms with Gasteiger partial charge in [0.25, 0.3) is 5.56 Å². The van der Waals surface area contributed by atoms with Gasteiger partial charge in [-0.1, -0.05) is 26.0 Å². The van der Waals surface area contributed by atoms with E-state index in [-0.39, 0.29) is 17.8 Å². The lowest BCUT2D eigenvalue weighted by Gasteiger charge is -2.33. The van der Waals surface area contributed by atoms with Crippen molar-refractivity contribution in [3.8, 4) is 0 Å². The van der Waals surface area contributed by atoms with Crippen molar-refractivity contribution in [2.24, 2.45) is 13.0 Å². The van der Waals surface area contributed by atoms with Crippen molar-refractivity contribution in [1.29, 1.82) is 0 Å². The summed E-state index contributed by atoms with van der Waals surface area (Å²) in [5.74, 6) is 1.04. The number of methoxy groups -OCH3 is 1. The molecule has 29 heavy (non-hydrogen) atoms. The summed E-state index contributed by atoms with van der Waals surface area (Å²) in [6, 6.07) is 8.43. The van der Waals surface area contributed by atoms with E-state index in [0.717, 1.165) is 18.7 Å². The van der Waals surface area contributed by atoms with E-state index in [4.69, 9.17) is 9.72 Å². The summed E-state index contributed by atoms with van der Waals surface area (Å²) in [4.78, 5) is 32.8. The number of hydrogen-bond acceptors (Lipinski definition) is 5. The lowest BCUT2D eigenvalue weighted by atomic mass is 10.1. The van der Waals surface area contributed by atoms with Crippen LogP contribution in [0.3, 0.4) is 0 Å². The van der Waals surface area contributed by atoms with E-state index in [2.05, 4.69) is 43.0 Å². The smallest absolute Gasteiger partial charge is 0.332 e. The van der Waals surface area contributed by atoms with Gasteiger partial charge in [0.2, 0.25) is 5.95 Å². The molecule has 1 aromatic carbocycles. The van der Waals surface area contributed by atoms with Crippen molar-refractivity contribution in [1.82, 2.24) is 18.7 Å². The van der Waals surface area contributed by atoms with E-state index < -0.39 is 0 Å². The molecule has 3 aromatic rings. The molecule has 1 aliphatic heterocycles. The molecule has 0 fully saturated rings. The van der Waals surface area contributed by atoms with E-state index in [1.807, 2.05) is 4.57 Å². The van der Waals surface area contributed by atoms with Crippen LogP contribution in [0, 0.1) is 5.92 Å². The number of hydrogen-bond donors (Lipinski definition) is 0. The molecule has 1 aliphatic rings. The highest BCUT2D eigenvalue weighted by Crippen LogP contribution is 2.32. The third-order valence-corrected chi connectivity index (χ3v) is 5.62. The Labute approximate surface area is 169 Å². The average molecular weight is 397 g/mol. The van der Waals surface area contributed by atoms with Gasteiger partial charge in [0, 0.05) is 32.9 Å². The maximum absolute atomic E-state index is 13.2. The standard InChI is InChI=1S/C21H27N5O3/c1-5-15-6-8-16(9-7-15)25-12-14(2)13-26-17-18(22-20(25)26)23(3)21(28)24(19(17)27)10-11-29-4/h6-9,14H,5,10-13H2,1-4H3/t14-/m1/s1. The SMILES string of the molecule is CCc1ccc(N2C[C@@H](C)Cn3c2nc2c3c(=O)n(CCOC)c(=O)n2C)cc1. The highest BCUT2D eigenvalue weighted by Gasteiger charge is 2.29. The Balaban J connectivity index is 1.93. The van der Waals surface area contributed by atoms with Crippen molar-refractivity contribution in [3.63, 3.8) is 0 Å². The molecule has 0 unspecified atom stereocenters. The van der Waals surface area contributed by atoms with Crippen LogP contribution in [-0.2, 0) is 31.3 Å². The summed E-state index contributed by atoms with van der Waals surface area (Å²) < 4.78 is 9.73. The molecule has 0 radical (unpaired) electrons. The number of imidazole rings is 1. The van der Waals surface area contributed by atoms with Gasteiger partial charge in [-0.3, -0.25) is 13.9 Å². The van der Waals surface area contributed by atoms with E-state index in [1.165, 1.54) is 14.7 Å². The number of aromatic nitrogens is 4. The summed E-state index contributed by atoms with van der Waals surface area (Å²) >= 11 is 0. The van der Waals surface area contributed by atoms with Crippen molar-refractivity contribution in [2.75, 3.05) is 25.2 Å². The fourth-order valence-corrected chi connectivity index (χ4v) is 4.01. The summed E-state index contributed by atoms with van der Waals surface area (Å²) in [5.41, 5.74) is 2.52. The molecular formula is C21H27N5O3. The average Bonchev–Trinajstić information content (AvgIpc) is 3.11. The van der Waals surface area contributed by atoms with Crippen LogP contribution in [0.25, 0.3) is 11.2 Å². The van der Waals surface area contributed by atoms with Gasteiger partial charge in [-0.05, 0) is 30.0 Å². The van der Waals surface area contributed by atoms with Gasteiger partial charge in [-0.25, -0.2) is 4.79 Å². The van der Waals surface area contributed by atoms with E-state index >= 15 is 0 Å². The summed E-state index contributed by atoms with van der Waals surface area (Å²) in [6.45, 7) is 6.30. The molecule has 0 aliphatic carbocycles. The second-order valence-corrected chi connectivity index (χ2v) is 7.72. The molecule has 1 atom stereocenters. The molecule has 0 bridgehead atoms. The summed E-state index contributed by atoms with van der Waals surface area (Å²) in [5, 5.41) is 0. The number of benzene rings is 1. The predicted octanol–water partition coefficient (Wildman–Crippen LogP) is 1.89. The molecule has 0 spiro atoms. The van der Waals surface area contributed by atoms with Gasteiger partial charge in [-0.15, -0.1) is 0 Å². The zero-order valence-corrected chi connectivity index (χ0v) is 17.4. The fourth-order valence-electron chi connectivity index (χ4n) is 4.01. The van der Waals surface area contributed by atoms with Crippen molar-refractivity contribution in [2.45, 2.75) is 33.4 Å². The number of rotatable bonds is 5. The van der Waals surface area contributed by atoms with E-state index in [1.54, 1.807) is 14.2 Å². The van der Waals surface area contributed by atoms with Gasteiger partial charge < -0.3 is 14.2 Å². The Morgan fingerprint density at radius 2 is 1.90 bits per heavy atom. The number of aryl methyl sites for hydroxylation is 2. The normalized spacial score (nSPS) is 16.4. The Bertz CT molecular complexity index is 1160. The van der Waals surface area contributed by atoms with Crippen LogP contribution in [0.5, 0.6) is 0 Å². The lowest BCUT2D eigenvalue weighted by molar-refractivity contribution is 0.184.